The number of ether oxygens (including phenoxy) is 1. The third-order valence-corrected chi connectivity index (χ3v) is 6.51. The highest BCUT2D eigenvalue weighted by atomic mass is 32.2. The first-order valence-corrected chi connectivity index (χ1v) is 9.43. The van der Waals surface area contributed by atoms with Crippen molar-refractivity contribution in [3.8, 4) is 5.75 Å². The molecule has 0 atom stereocenters. The Kier molecular flexibility index (Phi) is 4.43. The Bertz CT molecular complexity index is 954. The number of carbonyl (C=O) groups excluding carboxylic acids is 2. The van der Waals surface area contributed by atoms with Crippen LogP contribution < -0.4 is 14.4 Å². The van der Waals surface area contributed by atoms with Crippen LogP contribution in [0.25, 0.3) is 0 Å². The number of hydrogen-bond acceptors (Lipinski definition) is 8. The summed E-state index contributed by atoms with van der Waals surface area (Å²) >= 11 is 0.747. The molecule has 2 heterocycles. The Morgan fingerprint density at radius 3 is 2.80 bits per heavy atom. The maximum absolute atomic E-state index is 12.9. The van der Waals surface area contributed by atoms with Crippen LogP contribution in [0.2, 0.25) is 0 Å². The average Bonchev–Trinajstić information content (AvgIpc) is 3.03. The van der Waals surface area contributed by atoms with Crippen LogP contribution in [0.4, 0.5) is 10.8 Å². The fourth-order valence-corrected chi connectivity index (χ4v) is 4.92. The highest BCUT2D eigenvalue weighted by Crippen LogP contribution is 2.35. The van der Waals surface area contributed by atoms with E-state index < -0.39 is 10.0 Å². The number of nitrogens with zero attached hydrogens (tertiary/aromatic N) is 3. The minimum absolute atomic E-state index is 0.00359. The van der Waals surface area contributed by atoms with E-state index in [0.29, 0.717) is 11.3 Å². The molecule has 0 bridgehead atoms. The minimum Gasteiger partial charge on any atom is -0.497 e. The first-order valence-electron chi connectivity index (χ1n) is 7.18. The van der Waals surface area contributed by atoms with Gasteiger partial charge in [0, 0.05) is 31.5 Å². The van der Waals surface area contributed by atoms with Gasteiger partial charge in [0.15, 0.2) is 5.78 Å². The smallest absolute Gasteiger partial charge is 0.293 e. The van der Waals surface area contributed by atoms with Crippen molar-refractivity contribution in [2.45, 2.75) is 17.7 Å². The number of benzene rings is 1. The lowest BCUT2D eigenvalue weighted by molar-refractivity contribution is -0.114. The lowest BCUT2D eigenvalue weighted by atomic mass is 10.0. The summed E-state index contributed by atoms with van der Waals surface area (Å²) in [6.07, 6.45) is 0.0654. The molecule has 1 N–H and O–H groups in total. The zero-order valence-corrected chi connectivity index (χ0v) is 15.0. The first kappa shape index (κ1) is 17.3. The normalized spacial score (nSPS) is 14.2. The topological polar surface area (TPSA) is 119 Å². The van der Waals surface area contributed by atoms with Crippen LogP contribution in [0.15, 0.2) is 22.5 Å². The third-order valence-electron chi connectivity index (χ3n) is 3.52. The van der Waals surface area contributed by atoms with Crippen LogP contribution in [-0.4, -0.2) is 44.0 Å². The Morgan fingerprint density at radius 2 is 2.12 bits per heavy atom. The Hall–Kier alpha value is -2.53. The number of rotatable bonds is 4. The molecule has 9 nitrogen and oxygen atoms in total. The number of fused-ring (bicyclic) bond motifs is 1. The molecule has 0 fully saturated rings. The van der Waals surface area contributed by atoms with Gasteiger partial charge in [0.25, 0.3) is 14.4 Å². The number of hydrogen-bond donors (Lipinski definition) is 1. The largest absolute Gasteiger partial charge is 0.497 e. The van der Waals surface area contributed by atoms with Crippen LogP contribution in [0.5, 0.6) is 5.75 Å². The monoisotopic (exact) mass is 382 g/mol. The summed E-state index contributed by atoms with van der Waals surface area (Å²) in [5.41, 5.74) is 0.550. The lowest BCUT2D eigenvalue weighted by Gasteiger charge is -2.28. The van der Waals surface area contributed by atoms with Gasteiger partial charge >= 0.3 is 0 Å². The molecule has 11 heteroatoms. The van der Waals surface area contributed by atoms with E-state index in [-0.39, 0.29) is 39.8 Å². The SMILES string of the molecule is COc1ccc2c(c1)N(S(=O)(=O)c1nnc(NC(C)=O)s1)CCC2=O. The number of nitrogens with one attached hydrogen (secondary N) is 1. The number of ketones is 1. The summed E-state index contributed by atoms with van der Waals surface area (Å²) in [5, 5.41) is 9.80. The Balaban J connectivity index is 2.04. The molecule has 3 rings (SSSR count). The lowest BCUT2D eigenvalue weighted by Crippen LogP contribution is -2.37. The predicted molar refractivity (Wildman–Crippen MR) is 90.7 cm³/mol. The van der Waals surface area contributed by atoms with E-state index in [2.05, 4.69) is 15.5 Å². The Labute approximate surface area is 147 Å². The van der Waals surface area contributed by atoms with Gasteiger partial charge in [-0.3, -0.25) is 13.9 Å². The zero-order chi connectivity index (χ0) is 18.2. The van der Waals surface area contributed by atoms with Crippen molar-refractivity contribution in [1.82, 2.24) is 10.2 Å². The van der Waals surface area contributed by atoms with Crippen molar-refractivity contribution in [1.29, 1.82) is 0 Å². The summed E-state index contributed by atoms with van der Waals surface area (Å²) in [7, 11) is -2.57. The maximum Gasteiger partial charge on any atom is 0.293 e. The van der Waals surface area contributed by atoms with Crippen LogP contribution in [0, 0.1) is 0 Å². The van der Waals surface area contributed by atoms with Crippen LogP contribution >= 0.6 is 11.3 Å². The van der Waals surface area contributed by atoms with Crippen molar-refractivity contribution in [2.75, 3.05) is 23.3 Å². The van der Waals surface area contributed by atoms with Crippen molar-refractivity contribution in [2.24, 2.45) is 0 Å². The highest BCUT2D eigenvalue weighted by Gasteiger charge is 2.35. The number of amides is 1. The molecule has 0 aliphatic carbocycles. The summed E-state index contributed by atoms with van der Waals surface area (Å²) < 4.78 is 31.8. The van der Waals surface area contributed by atoms with Gasteiger partial charge in [0.1, 0.15) is 5.75 Å². The molecule has 1 amide bonds. The average molecular weight is 382 g/mol. The van der Waals surface area contributed by atoms with E-state index in [1.54, 1.807) is 12.1 Å². The molecule has 1 aromatic heterocycles. The second kappa shape index (κ2) is 6.41. The summed E-state index contributed by atoms with van der Waals surface area (Å²) in [6, 6.07) is 4.65. The number of Topliss-reactive ketones (excluding diaryl/α,β-unsaturated/α-hetero) is 1. The molecule has 2 aromatic rings. The number of anilines is 2. The van der Waals surface area contributed by atoms with Gasteiger partial charge in [-0.1, -0.05) is 11.3 Å². The molecule has 0 spiro atoms. The number of sulfonamides is 1. The molecular weight excluding hydrogens is 368 g/mol. The second-order valence-electron chi connectivity index (χ2n) is 5.19. The predicted octanol–water partition coefficient (Wildman–Crippen LogP) is 1.29. The fraction of sp³-hybridized carbons (Fsp3) is 0.286. The van der Waals surface area contributed by atoms with E-state index in [9.17, 15) is 18.0 Å². The molecule has 0 saturated carbocycles. The van der Waals surface area contributed by atoms with Gasteiger partial charge in [0.05, 0.1) is 12.8 Å². The summed E-state index contributed by atoms with van der Waals surface area (Å²) in [4.78, 5) is 23.1. The van der Waals surface area contributed by atoms with Gasteiger partial charge in [-0.2, -0.15) is 8.42 Å². The summed E-state index contributed by atoms with van der Waals surface area (Å²) in [6.45, 7) is 1.28. The Morgan fingerprint density at radius 1 is 1.36 bits per heavy atom. The number of aromatic nitrogens is 2. The van der Waals surface area contributed by atoms with E-state index in [1.165, 1.54) is 20.1 Å². The zero-order valence-electron chi connectivity index (χ0n) is 13.3. The van der Waals surface area contributed by atoms with Gasteiger partial charge < -0.3 is 10.1 Å². The quantitative estimate of drug-likeness (QED) is 0.791. The van der Waals surface area contributed by atoms with Crippen molar-refractivity contribution in [3.63, 3.8) is 0 Å². The van der Waals surface area contributed by atoms with Gasteiger partial charge in [-0.15, -0.1) is 10.2 Å². The van der Waals surface area contributed by atoms with E-state index in [0.717, 1.165) is 15.6 Å². The van der Waals surface area contributed by atoms with Gasteiger partial charge in [-0.05, 0) is 12.1 Å². The molecule has 0 unspecified atom stereocenters. The van der Waals surface area contributed by atoms with Gasteiger partial charge in [0.2, 0.25) is 11.0 Å². The molecule has 1 aliphatic rings. The second-order valence-corrected chi connectivity index (χ2v) is 8.20. The molecule has 1 aliphatic heterocycles. The van der Waals surface area contributed by atoms with Crippen LogP contribution in [-0.2, 0) is 14.8 Å². The number of methoxy groups -OCH3 is 1. The van der Waals surface area contributed by atoms with Crippen molar-refractivity contribution >= 4 is 43.9 Å². The first-order chi connectivity index (χ1) is 11.8. The van der Waals surface area contributed by atoms with E-state index in [4.69, 9.17) is 4.74 Å². The van der Waals surface area contributed by atoms with Crippen LogP contribution in [0.1, 0.15) is 23.7 Å². The van der Waals surface area contributed by atoms with E-state index >= 15 is 0 Å². The van der Waals surface area contributed by atoms with Crippen LogP contribution in [0.3, 0.4) is 0 Å². The van der Waals surface area contributed by atoms with Gasteiger partial charge in [-0.25, -0.2) is 0 Å². The summed E-state index contributed by atoms with van der Waals surface area (Å²) in [5.74, 6) is -0.0797. The molecule has 132 valence electrons. The molecule has 1 aromatic carbocycles. The highest BCUT2D eigenvalue weighted by molar-refractivity contribution is 7.94. The fourth-order valence-electron chi connectivity index (χ4n) is 2.40. The van der Waals surface area contributed by atoms with Crippen molar-refractivity contribution < 1.29 is 22.7 Å². The van der Waals surface area contributed by atoms with E-state index in [1.807, 2.05) is 0 Å². The van der Waals surface area contributed by atoms with Crippen molar-refractivity contribution in [3.05, 3.63) is 23.8 Å². The molecule has 0 radical (unpaired) electrons. The third kappa shape index (κ3) is 3.20. The standard InChI is InChI=1S/C14H14N4O5S2/c1-8(19)15-13-16-17-14(24-13)25(21,22)18-6-5-12(20)10-4-3-9(23-2)7-11(10)18/h3-4,7H,5-6H2,1-2H3,(H,15,16,19). The minimum atomic E-state index is -4.02. The molecule has 0 saturated heterocycles. The maximum atomic E-state index is 12.9. The number of carbonyl (C=O) groups is 2. The molecular formula is C14H14N4O5S2. The molecule has 25 heavy (non-hydrogen) atoms.